The minimum absolute atomic E-state index is 0.0711. The number of fused-ring (bicyclic) bond motifs is 1. The van der Waals surface area contributed by atoms with Crippen LogP contribution in [0.4, 0.5) is 0 Å². The number of benzene rings is 1. The Morgan fingerprint density at radius 2 is 1.74 bits per heavy atom. The van der Waals surface area contributed by atoms with Crippen LogP contribution in [0.2, 0.25) is 0 Å². The van der Waals surface area contributed by atoms with Crippen LogP contribution in [0.25, 0.3) is 0 Å². The van der Waals surface area contributed by atoms with E-state index < -0.39 is 15.8 Å². The number of piperidine rings is 1. The number of carbonyl (C=O) groups excluding carboxylic acids is 2. The molecular formula is C20H27NO5S. The second kappa shape index (κ2) is 8.42. The smallest absolute Gasteiger partial charge is 0.338 e. The molecule has 1 amide bonds. The number of rotatable bonds is 5. The summed E-state index contributed by atoms with van der Waals surface area (Å²) in [6.45, 7) is 0.505. The van der Waals surface area contributed by atoms with Gasteiger partial charge in [0.1, 0.15) is 0 Å². The number of esters is 1. The number of carbonyl (C=O) groups is 2. The Labute approximate surface area is 160 Å². The second-order valence-electron chi connectivity index (χ2n) is 7.68. The summed E-state index contributed by atoms with van der Waals surface area (Å²) < 4.78 is 27.8. The molecule has 0 N–H and O–H groups in total. The number of ether oxygens (including phenoxy) is 1. The van der Waals surface area contributed by atoms with Crippen LogP contribution < -0.4 is 0 Å². The predicted molar refractivity (Wildman–Crippen MR) is 102 cm³/mol. The highest BCUT2D eigenvalue weighted by Gasteiger charge is 2.35. The Bertz CT molecular complexity index is 785. The van der Waals surface area contributed by atoms with E-state index in [1.54, 1.807) is 12.1 Å². The fraction of sp³-hybridized carbons (Fsp3) is 0.600. The Morgan fingerprint density at radius 3 is 2.44 bits per heavy atom. The SMILES string of the molecule is CS(=O)(=O)Cc1ccc(C(=O)OCC(=O)N2CCC[C@@H]3CCCC[C@H]32)cc1. The predicted octanol–water partition coefficient (Wildman–Crippen LogP) is 2.57. The molecule has 1 saturated heterocycles. The normalized spacial score (nSPS) is 22.8. The van der Waals surface area contributed by atoms with Crippen molar-refractivity contribution < 1.29 is 22.7 Å². The molecule has 1 aromatic carbocycles. The molecule has 27 heavy (non-hydrogen) atoms. The molecule has 0 unspecified atom stereocenters. The summed E-state index contributed by atoms with van der Waals surface area (Å²) in [6, 6.07) is 6.55. The molecule has 1 heterocycles. The van der Waals surface area contributed by atoms with Crippen molar-refractivity contribution in [3.05, 3.63) is 35.4 Å². The Kier molecular flexibility index (Phi) is 6.19. The number of hydrogen-bond donors (Lipinski definition) is 0. The molecule has 2 atom stereocenters. The van der Waals surface area contributed by atoms with E-state index in [9.17, 15) is 18.0 Å². The molecule has 1 saturated carbocycles. The molecular weight excluding hydrogens is 366 g/mol. The molecule has 6 nitrogen and oxygen atoms in total. The number of hydrogen-bond acceptors (Lipinski definition) is 5. The minimum Gasteiger partial charge on any atom is -0.452 e. The van der Waals surface area contributed by atoms with Crippen molar-refractivity contribution in [3.63, 3.8) is 0 Å². The monoisotopic (exact) mass is 393 g/mol. The van der Waals surface area contributed by atoms with Crippen LogP contribution in [0.3, 0.4) is 0 Å². The van der Waals surface area contributed by atoms with Gasteiger partial charge in [-0.25, -0.2) is 13.2 Å². The van der Waals surface area contributed by atoms with Gasteiger partial charge in [-0.3, -0.25) is 4.79 Å². The number of amides is 1. The highest BCUT2D eigenvalue weighted by atomic mass is 32.2. The van der Waals surface area contributed by atoms with Gasteiger partial charge < -0.3 is 9.64 Å². The van der Waals surface area contributed by atoms with Gasteiger partial charge in [0.2, 0.25) is 0 Å². The van der Waals surface area contributed by atoms with Crippen LogP contribution in [0, 0.1) is 5.92 Å². The maximum atomic E-state index is 12.6. The average molecular weight is 394 g/mol. The summed E-state index contributed by atoms with van der Waals surface area (Å²) >= 11 is 0. The topological polar surface area (TPSA) is 80.7 Å². The zero-order valence-corrected chi connectivity index (χ0v) is 16.5. The molecule has 2 fully saturated rings. The van der Waals surface area contributed by atoms with Crippen LogP contribution in [-0.2, 0) is 25.1 Å². The van der Waals surface area contributed by atoms with Crippen LogP contribution in [-0.4, -0.2) is 50.6 Å². The molecule has 0 aromatic heterocycles. The van der Waals surface area contributed by atoms with E-state index >= 15 is 0 Å². The van der Waals surface area contributed by atoms with E-state index in [2.05, 4.69) is 0 Å². The standard InChI is InChI=1S/C20H27NO5S/c1-27(24,25)14-15-8-10-17(11-9-15)20(23)26-13-19(22)21-12-4-6-16-5-2-3-7-18(16)21/h8-11,16,18H,2-7,12-14H2,1H3/t16-,18+/m0/s1. The third-order valence-electron chi connectivity index (χ3n) is 5.51. The second-order valence-corrected chi connectivity index (χ2v) is 9.82. The van der Waals surface area contributed by atoms with Crippen LogP contribution >= 0.6 is 0 Å². The molecule has 148 valence electrons. The number of likely N-dealkylation sites (tertiary alicyclic amines) is 1. The minimum atomic E-state index is -3.12. The fourth-order valence-electron chi connectivity index (χ4n) is 4.27. The van der Waals surface area contributed by atoms with Crippen LogP contribution in [0.5, 0.6) is 0 Å². The molecule has 3 rings (SSSR count). The van der Waals surface area contributed by atoms with Gasteiger partial charge in [0.15, 0.2) is 16.4 Å². The zero-order valence-electron chi connectivity index (χ0n) is 15.7. The largest absolute Gasteiger partial charge is 0.452 e. The van der Waals surface area contributed by atoms with Gasteiger partial charge in [-0.05, 0) is 49.3 Å². The van der Waals surface area contributed by atoms with E-state index in [0.717, 1.165) is 32.1 Å². The third kappa shape index (κ3) is 5.31. The molecule has 2 aliphatic rings. The molecule has 1 aliphatic carbocycles. The number of nitrogens with zero attached hydrogens (tertiary/aromatic N) is 1. The highest BCUT2D eigenvalue weighted by molar-refractivity contribution is 7.89. The maximum Gasteiger partial charge on any atom is 0.338 e. The van der Waals surface area contributed by atoms with Crippen molar-refractivity contribution in [2.45, 2.75) is 50.3 Å². The third-order valence-corrected chi connectivity index (χ3v) is 6.37. The van der Waals surface area contributed by atoms with Crippen LogP contribution in [0.15, 0.2) is 24.3 Å². The van der Waals surface area contributed by atoms with E-state index in [-0.39, 0.29) is 18.3 Å². The van der Waals surface area contributed by atoms with Gasteiger partial charge >= 0.3 is 5.97 Å². The molecule has 0 spiro atoms. The van der Waals surface area contributed by atoms with Crippen molar-refractivity contribution in [3.8, 4) is 0 Å². The lowest BCUT2D eigenvalue weighted by Crippen LogP contribution is -2.50. The summed E-state index contributed by atoms with van der Waals surface area (Å²) in [6.07, 6.45) is 8.01. The van der Waals surface area contributed by atoms with E-state index in [1.165, 1.54) is 31.4 Å². The van der Waals surface area contributed by atoms with E-state index in [4.69, 9.17) is 4.74 Å². The molecule has 1 aromatic rings. The Morgan fingerprint density at radius 1 is 1.07 bits per heavy atom. The lowest BCUT2D eigenvalue weighted by atomic mass is 9.78. The summed E-state index contributed by atoms with van der Waals surface area (Å²) in [5.41, 5.74) is 0.927. The first-order valence-electron chi connectivity index (χ1n) is 9.57. The lowest BCUT2D eigenvalue weighted by Gasteiger charge is -2.44. The summed E-state index contributed by atoms with van der Waals surface area (Å²) in [5, 5.41) is 0. The number of sulfone groups is 1. The summed E-state index contributed by atoms with van der Waals surface area (Å²) in [7, 11) is -3.12. The molecule has 0 bridgehead atoms. The Hall–Kier alpha value is -1.89. The van der Waals surface area contributed by atoms with Crippen LogP contribution in [0.1, 0.15) is 54.4 Å². The van der Waals surface area contributed by atoms with Crippen molar-refractivity contribution in [2.24, 2.45) is 5.92 Å². The van der Waals surface area contributed by atoms with Gasteiger partial charge in [-0.15, -0.1) is 0 Å². The van der Waals surface area contributed by atoms with Gasteiger partial charge in [-0.1, -0.05) is 25.0 Å². The molecule has 1 aliphatic heterocycles. The average Bonchev–Trinajstić information content (AvgIpc) is 2.64. The highest BCUT2D eigenvalue weighted by Crippen LogP contribution is 2.35. The fourth-order valence-corrected chi connectivity index (χ4v) is 5.07. The molecule has 0 radical (unpaired) electrons. The quantitative estimate of drug-likeness (QED) is 0.718. The van der Waals surface area contributed by atoms with Crippen molar-refractivity contribution in [1.82, 2.24) is 4.90 Å². The van der Waals surface area contributed by atoms with Gasteiger partial charge in [0, 0.05) is 18.8 Å². The first kappa shape index (κ1) is 19.9. The Balaban J connectivity index is 1.54. The van der Waals surface area contributed by atoms with Gasteiger partial charge in [0.25, 0.3) is 5.91 Å². The van der Waals surface area contributed by atoms with E-state index in [1.807, 2.05) is 4.90 Å². The van der Waals surface area contributed by atoms with Gasteiger partial charge in [0.05, 0.1) is 11.3 Å². The van der Waals surface area contributed by atoms with E-state index in [0.29, 0.717) is 23.1 Å². The summed E-state index contributed by atoms with van der Waals surface area (Å²) in [5.74, 6) is -0.159. The van der Waals surface area contributed by atoms with Crippen molar-refractivity contribution in [2.75, 3.05) is 19.4 Å². The zero-order chi connectivity index (χ0) is 19.4. The maximum absolute atomic E-state index is 12.6. The first-order valence-corrected chi connectivity index (χ1v) is 11.6. The molecule has 7 heteroatoms. The van der Waals surface area contributed by atoms with Gasteiger partial charge in [-0.2, -0.15) is 0 Å². The first-order chi connectivity index (χ1) is 12.8. The lowest BCUT2D eigenvalue weighted by molar-refractivity contribution is -0.140. The van der Waals surface area contributed by atoms with Crippen molar-refractivity contribution >= 4 is 21.7 Å². The summed E-state index contributed by atoms with van der Waals surface area (Å²) in [4.78, 5) is 26.7. The van der Waals surface area contributed by atoms with Crippen molar-refractivity contribution in [1.29, 1.82) is 0 Å².